The van der Waals surface area contributed by atoms with E-state index in [4.69, 9.17) is 9.47 Å². The first-order chi connectivity index (χ1) is 14.0. The lowest BCUT2D eigenvalue weighted by molar-refractivity contribution is -0.166. The van der Waals surface area contributed by atoms with Crippen LogP contribution >= 0.6 is 0 Å². The van der Waals surface area contributed by atoms with E-state index in [1.54, 1.807) is 7.11 Å². The Morgan fingerprint density at radius 1 is 1.31 bits per heavy atom. The molecule has 0 radical (unpaired) electrons. The Morgan fingerprint density at radius 2 is 2.07 bits per heavy atom. The van der Waals surface area contributed by atoms with Crippen LogP contribution < -0.4 is 4.74 Å². The largest absolute Gasteiger partial charge is 0.497 e. The van der Waals surface area contributed by atoms with Crippen LogP contribution in [0, 0.1) is 6.92 Å². The predicted molar refractivity (Wildman–Crippen MR) is 111 cm³/mol. The van der Waals surface area contributed by atoms with E-state index in [0.29, 0.717) is 13.0 Å². The molecule has 1 aromatic heterocycles. The minimum atomic E-state index is -1.22. The molecular formula is C23H26N2O4. The average molecular weight is 394 g/mol. The maximum atomic E-state index is 13.4. The lowest BCUT2D eigenvalue weighted by atomic mass is 9.95. The van der Waals surface area contributed by atoms with Gasteiger partial charge >= 0.3 is 0 Å². The number of aromatic amines is 1. The summed E-state index contributed by atoms with van der Waals surface area (Å²) in [5, 5.41) is 11.3. The highest BCUT2D eigenvalue weighted by atomic mass is 16.6. The number of aromatic nitrogens is 1. The molecule has 1 saturated heterocycles. The summed E-state index contributed by atoms with van der Waals surface area (Å²) in [5.74, 6) is 0.150. The molecule has 1 fully saturated rings. The number of benzene rings is 2. The number of aliphatic hydroxyl groups excluding tert-OH is 1. The fourth-order valence-electron chi connectivity index (χ4n) is 4.23. The first kappa shape index (κ1) is 19.5. The molecule has 1 aliphatic rings. The van der Waals surface area contributed by atoms with Gasteiger partial charge in [-0.05, 0) is 49.6 Å². The smallest absolute Gasteiger partial charge is 0.240 e. The van der Waals surface area contributed by atoms with Gasteiger partial charge in [-0.25, -0.2) is 0 Å². The normalized spacial score (nSPS) is 20.2. The topological polar surface area (TPSA) is 74.8 Å². The monoisotopic (exact) mass is 394 g/mol. The van der Waals surface area contributed by atoms with Crippen molar-refractivity contribution in [3.05, 3.63) is 65.4 Å². The van der Waals surface area contributed by atoms with E-state index in [1.807, 2.05) is 62.4 Å². The molecule has 3 aromatic rings. The van der Waals surface area contributed by atoms with Crippen molar-refractivity contribution in [1.82, 2.24) is 9.88 Å². The number of ether oxygens (including phenoxy) is 2. The summed E-state index contributed by atoms with van der Waals surface area (Å²) in [4.78, 5) is 18.3. The summed E-state index contributed by atoms with van der Waals surface area (Å²) in [6.45, 7) is 4.15. The second kappa shape index (κ2) is 7.89. The molecule has 3 atom stereocenters. The van der Waals surface area contributed by atoms with Crippen LogP contribution in [0.1, 0.15) is 29.7 Å². The maximum absolute atomic E-state index is 13.4. The van der Waals surface area contributed by atoms with Crippen LogP contribution in [-0.2, 0) is 16.0 Å². The minimum absolute atomic E-state index is 0.150. The fourth-order valence-corrected chi connectivity index (χ4v) is 4.23. The molecule has 2 heterocycles. The highest BCUT2D eigenvalue weighted by Crippen LogP contribution is 2.34. The molecule has 4 rings (SSSR count). The number of aliphatic hydroxyl groups is 1. The van der Waals surface area contributed by atoms with Gasteiger partial charge < -0.3 is 19.6 Å². The van der Waals surface area contributed by atoms with Gasteiger partial charge in [-0.2, -0.15) is 0 Å². The molecule has 152 valence electrons. The van der Waals surface area contributed by atoms with Gasteiger partial charge in [0.1, 0.15) is 5.75 Å². The van der Waals surface area contributed by atoms with Crippen molar-refractivity contribution in [2.45, 2.75) is 38.6 Å². The number of methoxy groups -OCH3 is 1. The van der Waals surface area contributed by atoms with Crippen molar-refractivity contribution in [3.8, 4) is 5.75 Å². The lowest BCUT2D eigenvalue weighted by Crippen LogP contribution is -2.45. The van der Waals surface area contributed by atoms with Crippen molar-refractivity contribution in [2.75, 3.05) is 13.7 Å². The van der Waals surface area contributed by atoms with Crippen molar-refractivity contribution in [1.29, 1.82) is 0 Å². The third-order valence-electron chi connectivity index (χ3n) is 5.68. The Kier molecular flexibility index (Phi) is 5.30. The molecule has 1 amide bonds. The van der Waals surface area contributed by atoms with E-state index in [1.165, 1.54) is 4.90 Å². The van der Waals surface area contributed by atoms with E-state index in [-0.39, 0.29) is 11.9 Å². The Bertz CT molecular complexity index is 1010. The molecule has 0 aliphatic carbocycles. The molecule has 29 heavy (non-hydrogen) atoms. The Labute approximate surface area is 170 Å². The van der Waals surface area contributed by atoms with Crippen LogP contribution in [0.3, 0.4) is 0 Å². The molecule has 0 spiro atoms. The first-order valence-corrected chi connectivity index (χ1v) is 9.81. The number of H-pyrrole nitrogens is 1. The Balaban J connectivity index is 1.64. The lowest BCUT2D eigenvalue weighted by Gasteiger charge is -2.28. The second-order valence-electron chi connectivity index (χ2n) is 7.55. The molecule has 1 aliphatic heterocycles. The van der Waals surface area contributed by atoms with E-state index >= 15 is 0 Å². The molecule has 0 bridgehead atoms. The van der Waals surface area contributed by atoms with Crippen LogP contribution in [-0.4, -0.2) is 47.1 Å². The van der Waals surface area contributed by atoms with Crippen molar-refractivity contribution in [3.63, 3.8) is 0 Å². The van der Waals surface area contributed by atoms with E-state index in [0.717, 1.165) is 33.5 Å². The zero-order chi connectivity index (χ0) is 20.5. The van der Waals surface area contributed by atoms with Gasteiger partial charge in [-0.15, -0.1) is 0 Å². The standard InChI is InChI=1S/C23H26N2O4/c1-14(21-15(2)24-20-10-9-18(28-3)12-19(20)21)22(26)25-17(13-29-23(25)27)11-16-7-5-4-6-8-16/h4-10,12,14,17,23-24,27H,11,13H2,1-3H3/t14?,17-,23?/m1/s1. The number of carbonyl (C=O) groups excluding carboxylic acids is 1. The summed E-state index contributed by atoms with van der Waals surface area (Å²) in [6.07, 6.45) is -0.587. The second-order valence-corrected chi connectivity index (χ2v) is 7.55. The number of amides is 1. The zero-order valence-electron chi connectivity index (χ0n) is 16.9. The highest BCUT2D eigenvalue weighted by Gasteiger charge is 2.39. The van der Waals surface area contributed by atoms with Gasteiger partial charge in [0.15, 0.2) is 0 Å². The van der Waals surface area contributed by atoms with Crippen LogP contribution in [0.4, 0.5) is 0 Å². The van der Waals surface area contributed by atoms with Crippen LogP contribution in [0.5, 0.6) is 5.75 Å². The van der Waals surface area contributed by atoms with Crippen LogP contribution in [0.15, 0.2) is 48.5 Å². The first-order valence-electron chi connectivity index (χ1n) is 9.81. The van der Waals surface area contributed by atoms with Gasteiger partial charge in [0, 0.05) is 16.6 Å². The molecule has 0 saturated carbocycles. The molecule has 6 nitrogen and oxygen atoms in total. The van der Waals surface area contributed by atoms with E-state index in [9.17, 15) is 9.90 Å². The third-order valence-corrected chi connectivity index (χ3v) is 5.68. The third kappa shape index (κ3) is 3.61. The summed E-state index contributed by atoms with van der Waals surface area (Å²) < 4.78 is 10.8. The SMILES string of the molecule is COc1ccc2[nH]c(C)c(C(C)C(=O)N3C(O)OC[C@H]3Cc3ccccc3)c2c1. The number of fused-ring (bicyclic) bond motifs is 1. The van der Waals surface area contributed by atoms with Gasteiger partial charge in [0.05, 0.1) is 25.7 Å². The van der Waals surface area contributed by atoms with Gasteiger partial charge in [-0.3, -0.25) is 9.69 Å². The number of hydrogen-bond acceptors (Lipinski definition) is 4. The number of nitrogens with zero attached hydrogens (tertiary/aromatic N) is 1. The quantitative estimate of drug-likeness (QED) is 0.696. The minimum Gasteiger partial charge on any atom is -0.497 e. The van der Waals surface area contributed by atoms with Gasteiger partial charge in [0.25, 0.3) is 0 Å². The number of aryl methyl sites for hydroxylation is 1. The zero-order valence-corrected chi connectivity index (χ0v) is 16.9. The number of rotatable bonds is 5. The Hall–Kier alpha value is -2.83. The number of carbonyl (C=O) groups is 1. The molecule has 2 unspecified atom stereocenters. The summed E-state index contributed by atoms with van der Waals surface area (Å²) in [7, 11) is 1.63. The molecule has 2 aromatic carbocycles. The van der Waals surface area contributed by atoms with Crippen LogP contribution in [0.25, 0.3) is 10.9 Å². The maximum Gasteiger partial charge on any atom is 0.240 e. The number of nitrogens with one attached hydrogen (secondary N) is 1. The van der Waals surface area contributed by atoms with E-state index in [2.05, 4.69) is 4.98 Å². The van der Waals surface area contributed by atoms with Gasteiger partial charge in [-0.1, -0.05) is 30.3 Å². The van der Waals surface area contributed by atoms with E-state index < -0.39 is 12.3 Å². The van der Waals surface area contributed by atoms with Crippen molar-refractivity contribution in [2.24, 2.45) is 0 Å². The van der Waals surface area contributed by atoms with Gasteiger partial charge in [0.2, 0.25) is 12.3 Å². The fraction of sp³-hybridized carbons (Fsp3) is 0.348. The predicted octanol–water partition coefficient (Wildman–Crippen LogP) is 3.33. The summed E-state index contributed by atoms with van der Waals surface area (Å²) in [5.41, 5.74) is 3.91. The molecule has 2 N–H and O–H groups in total. The molecular weight excluding hydrogens is 368 g/mol. The van der Waals surface area contributed by atoms with Crippen molar-refractivity contribution >= 4 is 16.8 Å². The summed E-state index contributed by atoms with van der Waals surface area (Å²) in [6, 6.07) is 15.5. The van der Waals surface area contributed by atoms with Crippen LogP contribution in [0.2, 0.25) is 0 Å². The number of hydrogen-bond donors (Lipinski definition) is 2. The summed E-state index contributed by atoms with van der Waals surface area (Å²) >= 11 is 0. The Morgan fingerprint density at radius 3 is 2.79 bits per heavy atom. The molecule has 6 heteroatoms. The highest BCUT2D eigenvalue weighted by molar-refractivity contribution is 5.93. The van der Waals surface area contributed by atoms with Crippen molar-refractivity contribution < 1.29 is 19.4 Å². The average Bonchev–Trinajstić information content (AvgIpc) is 3.25.